The van der Waals surface area contributed by atoms with E-state index in [9.17, 15) is 5.11 Å². The number of phenolic OH excluding ortho intramolecular Hbond substituents is 2. The van der Waals surface area contributed by atoms with Gasteiger partial charge in [-0.1, -0.05) is 43.9 Å². The van der Waals surface area contributed by atoms with Gasteiger partial charge in [-0.2, -0.15) is 12.1 Å². The van der Waals surface area contributed by atoms with Crippen LogP contribution in [-0.2, 0) is 20.7 Å². The first kappa shape index (κ1) is 32.1. The summed E-state index contributed by atoms with van der Waals surface area (Å²) in [4.78, 5) is 1.64. The number of aryl methyl sites for hydroxylation is 1. The Morgan fingerprint density at radius 2 is 1.29 bits per heavy atom. The van der Waals surface area contributed by atoms with Crippen LogP contribution in [0.4, 0.5) is 0 Å². The van der Waals surface area contributed by atoms with E-state index in [0.29, 0.717) is 11.5 Å². The van der Waals surface area contributed by atoms with E-state index in [-0.39, 0.29) is 23.2 Å². The van der Waals surface area contributed by atoms with E-state index in [4.69, 9.17) is 21.3 Å². The molecule has 0 bridgehead atoms. The van der Waals surface area contributed by atoms with Crippen LogP contribution in [0.2, 0.25) is 0 Å². The molecule has 2 atom stereocenters. The maximum absolute atomic E-state index is 10.4. The Morgan fingerprint density at radius 3 is 1.80 bits per heavy atom. The van der Waals surface area contributed by atoms with Crippen molar-refractivity contribution in [2.24, 2.45) is 0 Å². The number of para-hydroxylation sites is 1. The minimum absolute atomic E-state index is 0.0799. The average molecular weight is 596 g/mol. The summed E-state index contributed by atoms with van der Waals surface area (Å²) in [5.41, 5.74) is 18.3. The van der Waals surface area contributed by atoms with Crippen LogP contribution in [0, 0.1) is 6.92 Å². The molecule has 6 heteroatoms. The fraction of sp³-hybridized carbons (Fsp3) is 0.286. The molecule has 0 spiro atoms. The van der Waals surface area contributed by atoms with Crippen LogP contribution in [0.5, 0.6) is 23.0 Å². The third kappa shape index (κ3) is 9.58. The number of nitrogens with one attached hydrogen (secondary N) is 2. The molecule has 4 aromatic carbocycles. The van der Waals surface area contributed by atoms with Crippen molar-refractivity contribution in [1.82, 2.24) is 0 Å². The molecule has 1 aliphatic rings. The molecule has 4 aromatic rings. The van der Waals surface area contributed by atoms with Crippen molar-refractivity contribution >= 4 is 4.96 Å². The number of hydrogen-bond donors (Lipinski definition) is 2. The molecule has 4 N–H and O–H groups in total. The average Bonchev–Trinajstić information content (AvgIpc) is 2.98. The molecule has 5 nitrogen and oxygen atoms in total. The molecule has 0 aromatic heterocycles. The summed E-state index contributed by atoms with van der Waals surface area (Å²) in [6, 6.07) is 30.2. The third-order valence-corrected chi connectivity index (χ3v) is 7.46. The quantitative estimate of drug-likeness (QED) is 0.241. The fourth-order valence-electron chi connectivity index (χ4n) is 4.64. The molecule has 0 radical (unpaired) electrons. The maximum atomic E-state index is 10.4. The molecule has 1 saturated carbocycles. The summed E-state index contributed by atoms with van der Waals surface area (Å²) >= 11 is 4.22. The van der Waals surface area contributed by atoms with E-state index in [0.717, 1.165) is 35.3 Å². The molecular weight excluding hydrogens is 555 g/mol. The molecule has 0 saturated heterocycles. The van der Waals surface area contributed by atoms with E-state index >= 15 is 0 Å². The van der Waals surface area contributed by atoms with Crippen molar-refractivity contribution in [1.29, 1.82) is 0 Å². The molecule has 41 heavy (non-hydrogen) atoms. The minimum atomic E-state index is -0.248. The molecule has 5 rings (SSSR count). The summed E-state index contributed by atoms with van der Waals surface area (Å²) in [7, 11) is 0. The second-order valence-electron chi connectivity index (χ2n) is 10.7. The summed E-state index contributed by atoms with van der Waals surface area (Å²) < 4.78 is 5.52. The normalized spacial score (nSPS) is 16.3. The minimum Gasteiger partial charge on any atom is -0.676 e. The number of ether oxygens (including phenoxy) is 1. The van der Waals surface area contributed by atoms with Crippen molar-refractivity contribution in [2.75, 3.05) is 0 Å². The van der Waals surface area contributed by atoms with Crippen LogP contribution in [0.1, 0.15) is 61.8 Å². The zero-order valence-electron chi connectivity index (χ0n) is 23.9. The second-order valence-corrected chi connectivity index (χ2v) is 11.0. The number of rotatable bonds is 5. The van der Waals surface area contributed by atoms with Crippen molar-refractivity contribution < 1.29 is 30.3 Å². The molecule has 0 aliphatic heterocycles. The van der Waals surface area contributed by atoms with Crippen LogP contribution in [0.3, 0.4) is 0 Å². The van der Waals surface area contributed by atoms with E-state index in [1.807, 2.05) is 67.6 Å². The van der Waals surface area contributed by atoms with Gasteiger partial charge in [0.15, 0.2) is 0 Å². The van der Waals surface area contributed by atoms with Gasteiger partial charge in [-0.3, -0.25) is 0 Å². The Bertz CT molecular complexity index is 1350. The Balaban J connectivity index is 0.000000184. The first-order valence-electron chi connectivity index (χ1n) is 13.9. The number of aromatic hydroxyl groups is 2. The Morgan fingerprint density at radius 1 is 0.780 bits per heavy atom. The van der Waals surface area contributed by atoms with Gasteiger partial charge >= 0.3 is 122 Å². The van der Waals surface area contributed by atoms with Crippen molar-refractivity contribution in [3.8, 4) is 23.0 Å². The van der Waals surface area contributed by atoms with Crippen LogP contribution in [0.25, 0.3) is 11.5 Å². The molecule has 2 unspecified atom stereocenters. The number of hydrogen-bond acceptors (Lipinski definition) is 3. The van der Waals surface area contributed by atoms with Crippen LogP contribution < -0.4 is 4.74 Å². The summed E-state index contributed by atoms with van der Waals surface area (Å²) in [5, 5.41) is 19.5. The Labute approximate surface area is 252 Å². The van der Waals surface area contributed by atoms with Crippen LogP contribution in [0.15, 0.2) is 97.1 Å². The zero-order chi connectivity index (χ0) is 29.8. The molecule has 219 valence electrons. The maximum Gasteiger partial charge on any atom is 0.127 e. The predicted octanol–water partition coefficient (Wildman–Crippen LogP) is 9.31. The summed E-state index contributed by atoms with van der Waals surface area (Å²) in [6.45, 7) is 6.28. The van der Waals surface area contributed by atoms with E-state index < -0.39 is 0 Å². The molecule has 0 heterocycles. The van der Waals surface area contributed by atoms with E-state index in [2.05, 4.69) is 41.3 Å². The van der Waals surface area contributed by atoms with Gasteiger partial charge in [0.2, 0.25) is 0 Å². The van der Waals surface area contributed by atoms with Crippen LogP contribution >= 0.6 is 0 Å². The van der Waals surface area contributed by atoms with Gasteiger partial charge in [0.25, 0.3) is 0 Å². The molecule has 1 fully saturated rings. The van der Waals surface area contributed by atoms with Gasteiger partial charge in [-0.15, -0.1) is 0 Å². The zero-order valence-corrected chi connectivity index (χ0v) is 25.0. The number of phenols is 2. The Kier molecular flexibility index (Phi) is 12.2. The van der Waals surface area contributed by atoms with E-state index in [1.54, 1.807) is 29.2 Å². The summed E-state index contributed by atoms with van der Waals surface area (Å²) in [5.74, 6) is 2.06. The first-order valence-corrected chi connectivity index (χ1v) is 14.5. The van der Waals surface area contributed by atoms with Crippen molar-refractivity contribution in [3.05, 3.63) is 131 Å². The first-order chi connectivity index (χ1) is 19.6. The molecular formula is C35H40CoN2O3-2. The smallest absolute Gasteiger partial charge is 0.127 e. The van der Waals surface area contributed by atoms with Gasteiger partial charge in [0, 0.05) is 0 Å². The van der Waals surface area contributed by atoms with Crippen LogP contribution in [-0.4, -0.2) is 27.3 Å². The van der Waals surface area contributed by atoms with Crippen molar-refractivity contribution in [3.63, 3.8) is 0 Å². The molecule has 0 amide bonds. The standard InChI is InChI=1S/C17H18O.C12H10O2.C6H12N2.Co/c1-12-10-13(2)16(18)15(11-12)17(3,4)14-8-6-5-7-9-14;13-10-6-8-12(9-7-10)14-11-4-2-1-3-5-11;7-5-3-1-2-4-6(5)8;/h2,5-11,18H,1,3-4H3;1-9,13H;5-8H,1-4H2;/q;;-2;. The largest absolute Gasteiger partial charge is 0.676 e. The summed E-state index contributed by atoms with van der Waals surface area (Å²) in [6.07, 6.45) is 4.25. The monoisotopic (exact) mass is 595 g/mol. The third-order valence-electron chi connectivity index (χ3n) is 7.14. The van der Waals surface area contributed by atoms with E-state index in [1.165, 1.54) is 18.4 Å². The number of benzene rings is 4. The Hall–Kier alpha value is -3.42. The SMILES string of the molecule is Cc1cc([CH]=[Co])c(O)c(C(C)(C)c2ccccc2)c1.Oc1ccc(Oc2ccccc2)cc1.[NH-]C1CCCCC1[NH-]. The molecule has 1 aliphatic carbocycles. The van der Waals surface area contributed by atoms with Gasteiger partial charge < -0.3 is 21.3 Å². The predicted molar refractivity (Wildman–Crippen MR) is 166 cm³/mol. The topological polar surface area (TPSA) is 97.3 Å². The van der Waals surface area contributed by atoms with Crippen molar-refractivity contribution in [2.45, 2.75) is 64.0 Å². The van der Waals surface area contributed by atoms with Gasteiger partial charge in [0.05, 0.1) is 0 Å². The fourth-order valence-corrected chi connectivity index (χ4v) is 4.87. The van der Waals surface area contributed by atoms with Gasteiger partial charge in [-0.05, 0) is 36.4 Å². The van der Waals surface area contributed by atoms with Gasteiger partial charge in [-0.25, -0.2) is 0 Å². The second kappa shape index (κ2) is 15.5. The van der Waals surface area contributed by atoms with Gasteiger partial charge in [0.1, 0.15) is 17.2 Å².